The predicted molar refractivity (Wildman–Crippen MR) is 102 cm³/mol. The van der Waals surface area contributed by atoms with Gasteiger partial charge in [-0.1, -0.05) is 29.8 Å². The predicted octanol–water partition coefficient (Wildman–Crippen LogP) is 4.81. The van der Waals surface area contributed by atoms with Crippen LogP contribution >= 0.6 is 12.4 Å². The van der Waals surface area contributed by atoms with Gasteiger partial charge in [0.05, 0.1) is 17.8 Å². The monoisotopic (exact) mass is 395 g/mol. The maximum Gasteiger partial charge on any atom is 0.573 e. The lowest BCUT2D eigenvalue weighted by atomic mass is 10.0. The number of aromatic nitrogens is 1. The van der Waals surface area contributed by atoms with Crippen molar-refractivity contribution >= 4 is 29.1 Å². The smallest absolute Gasteiger partial charge is 0.406 e. The average molecular weight is 396 g/mol. The number of amidine groups is 1. The molecule has 27 heavy (non-hydrogen) atoms. The Balaban J connectivity index is 0.00000210. The minimum atomic E-state index is -4.73. The summed E-state index contributed by atoms with van der Waals surface area (Å²) in [6, 6.07) is 12.2. The van der Waals surface area contributed by atoms with Gasteiger partial charge in [0.25, 0.3) is 0 Å². The van der Waals surface area contributed by atoms with E-state index in [1.807, 2.05) is 31.2 Å². The van der Waals surface area contributed by atoms with Gasteiger partial charge in [-0.15, -0.1) is 25.6 Å². The van der Waals surface area contributed by atoms with Gasteiger partial charge in [-0.25, -0.2) is 0 Å². The van der Waals surface area contributed by atoms with Crippen molar-refractivity contribution in [1.82, 2.24) is 10.3 Å². The van der Waals surface area contributed by atoms with Crippen molar-refractivity contribution in [2.45, 2.75) is 13.3 Å². The first kappa shape index (κ1) is 19.1. The average Bonchev–Trinajstić information content (AvgIpc) is 3.20. The van der Waals surface area contributed by atoms with Gasteiger partial charge in [0, 0.05) is 17.4 Å². The lowest BCUT2D eigenvalue weighted by Crippen LogP contribution is -2.20. The summed E-state index contributed by atoms with van der Waals surface area (Å²) in [6.45, 7) is 3.33. The molecular formula is C19H17ClF3N3O. The van der Waals surface area contributed by atoms with Crippen molar-refractivity contribution < 1.29 is 17.9 Å². The van der Waals surface area contributed by atoms with Crippen LogP contribution in [0.15, 0.2) is 47.5 Å². The first-order valence-electron chi connectivity index (χ1n) is 8.18. The fourth-order valence-electron chi connectivity index (χ4n) is 3.12. The summed E-state index contributed by atoms with van der Waals surface area (Å²) in [5.74, 6) is 0.426. The Labute approximate surface area is 159 Å². The topological polar surface area (TPSA) is 49.4 Å². The normalized spacial score (nSPS) is 13.9. The summed E-state index contributed by atoms with van der Waals surface area (Å²) in [6.07, 6.45) is -4.73. The molecule has 0 fully saturated rings. The molecule has 1 aromatic heterocycles. The van der Waals surface area contributed by atoms with Crippen molar-refractivity contribution in [3.05, 3.63) is 53.6 Å². The van der Waals surface area contributed by atoms with Crippen LogP contribution in [0, 0.1) is 6.92 Å². The van der Waals surface area contributed by atoms with E-state index in [1.165, 1.54) is 12.1 Å². The van der Waals surface area contributed by atoms with Crippen molar-refractivity contribution in [3.63, 3.8) is 0 Å². The summed E-state index contributed by atoms with van der Waals surface area (Å²) in [7, 11) is 0. The number of aliphatic imine (C=N–C) groups is 1. The molecular weight excluding hydrogens is 379 g/mol. The third-order valence-electron chi connectivity index (χ3n) is 4.25. The Bertz CT molecular complexity index is 994. The van der Waals surface area contributed by atoms with Crippen LogP contribution in [-0.4, -0.2) is 30.3 Å². The minimum absolute atomic E-state index is 0. The van der Waals surface area contributed by atoms with E-state index in [9.17, 15) is 13.2 Å². The summed E-state index contributed by atoms with van der Waals surface area (Å²) >= 11 is 0. The maximum atomic E-state index is 12.6. The molecule has 0 atom stereocenters. The first-order chi connectivity index (χ1) is 12.4. The summed E-state index contributed by atoms with van der Waals surface area (Å²) in [5.41, 5.74) is 4.37. The molecule has 2 N–H and O–H groups in total. The zero-order valence-electron chi connectivity index (χ0n) is 14.4. The van der Waals surface area contributed by atoms with Crippen LogP contribution in [0.25, 0.3) is 22.2 Å². The number of aryl methyl sites for hydroxylation is 1. The molecule has 1 aliphatic heterocycles. The van der Waals surface area contributed by atoms with Crippen molar-refractivity contribution in [2.75, 3.05) is 13.1 Å². The Kier molecular flexibility index (Phi) is 5.06. The highest BCUT2D eigenvalue weighted by molar-refractivity contribution is 6.15. The van der Waals surface area contributed by atoms with Crippen molar-refractivity contribution in [1.29, 1.82) is 0 Å². The number of hydrogen-bond acceptors (Lipinski definition) is 3. The number of ether oxygens (including phenoxy) is 1. The molecule has 2 aromatic carbocycles. The van der Waals surface area contributed by atoms with E-state index in [2.05, 4.69) is 20.0 Å². The number of aromatic amines is 1. The quantitative estimate of drug-likeness (QED) is 0.668. The molecule has 142 valence electrons. The summed E-state index contributed by atoms with van der Waals surface area (Å²) < 4.78 is 41.8. The van der Waals surface area contributed by atoms with Gasteiger partial charge >= 0.3 is 6.36 Å². The lowest BCUT2D eigenvalue weighted by Gasteiger charge is -2.09. The molecule has 2 heterocycles. The molecule has 0 amide bonds. The highest BCUT2D eigenvalue weighted by atomic mass is 35.5. The number of hydrogen-bond donors (Lipinski definition) is 2. The minimum Gasteiger partial charge on any atom is -0.406 e. The highest BCUT2D eigenvalue weighted by Gasteiger charge is 2.31. The molecule has 0 saturated carbocycles. The standard InChI is InChI=1S/C19H16F3N3O.ClH/c1-11-2-4-12(5-3-11)17-16(18-23-8-9-24-18)14-10-13(26-19(20,21)22)6-7-15(14)25-17;/h2-7,10,25H,8-9H2,1H3,(H,23,24);1H. The number of halogens is 4. The van der Waals surface area contributed by atoms with Crippen LogP contribution in [0.1, 0.15) is 11.1 Å². The number of alkyl halides is 3. The molecule has 0 spiro atoms. The van der Waals surface area contributed by atoms with E-state index in [-0.39, 0.29) is 18.2 Å². The van der Waals surface area contributed by atoms with Crippen LogP contribution in [0.2, 0.25) is 0 Å². The van der Waals surface area contributed by atoms with Gasteiger partial charge in [0.2, 0.25) is 0 Å². The Morgan fingerprint density at radius 2 is 1.81 bits per heavy atom. The zero-order chi connectivity index (χ0) is 18.3. The van der Waals surface area contributed by atoms with Crippen LogP contribution in [0.5, 0.6) is 5.75 Å². The van der Waals surface area contributed by atoms with Gasteiger partial charge in [0.1, 0.15) is 11.6 Å². The molecule has 4 nitrogen and oxygen atoms in total. The van der Waals surface area contributed by atoms with Gasteiger partial charge in [0.15, 0.2) is 0 Å². The van der Waals surface area contributed by atoms with E-state index >= 15 is 0 Å². The second kappa shape index (κ2) is 7.15. The molecule has 0 radical (unpaired) electrons. The summed E-state index contributed by atoms with van der Waals surface area (Å²) in [5, 5.41) is 3.84. The molecule has 0 unspecified atom stereocenters. The second-order valence-corrected chi connectivity index (χ2v) is 6.15. The largest absolute Gasteiger partial charge is 0.573 e. The molecule has 0 aliphatic carbocycles. The zero-order valence-corrected chi connectivity index (χ0v) is 15.2. The van der Waals surface area contributed by atoms with Crippen molar-refractivity contribution in [2.24, 2.45) is 4.99 Å². The van der Waals surface area contributed by atoms with Crippen LogP contribution < -0.4 is 10.1 Å². The fourth-order valence-corrected chi connectivity index (χ4v) is 3.12. The maximum absolute atomic E-state index is 12.6. The fraction of sp³-hybridized carbons (Fsp3) is 0.211. The number of rotatable bonds is 3. The highest BCUT2D eigenvalue weighted by Crippen LogP contribution is 2.34. The lowest BCUT2D eigenvalue weighted by molar-refractivity contribution is -0.274. The van der Waals surface area contributed by atoms with Gasteiger partial charge in [-0.3, -0.25) is 4.99 Å². The molecule has 4 rings (SSSR count). The van der Waals surface area contributed by atoms with E-state index in [4.69, 9.17) is 0 Å². The molecule has 1 aliphatic rings. The van der Waals surface area contributed by atoms with E-state index in [0.29, 0.717) is 24.3 Å². The molecule has 0 bridgehead atoms. The second-order valence-electron chi connectivity index (χ2n) is 6.15. The number of nitrogens with one attached hydrogen (secondary N) is 2. The van der Waals surface area contributed by atoms with E-state index < -0.39 is 6.36 Å². The van der Waals surface area contributed by atoms with Gasteiger partial charge in [-0.2, -0.15) is 0 Å². The number of fused-ring (bicyclic) bond motifs is 1. The number of H-pyrrole nitrogens is 1. The third-order valence-corrected chi connectivity index (χ3v) is 4.25. The number of benzene rings is 2. The first-order valence-corrected chi connectivity index (χ1v) is 8.18. The summed E-state index contributed by atoms with van der Waals surface area (Å²) in [4.78, 5) is 7.77. The molecule has 0 saturated heterocycles. The van der Waals surface area contributed by atoms with Crippen LogP contribution in [0.4, 0.5) is 13.2 Å². The Morgan fingerprint density at radius 3 is 2.44 bits per heavy atom. The van der Waals surface area contributed by atoms with Crippen LogP contribution in [0.3, 0.4) is 0 Å². The van der Waals surface area contributed by atoms with Crippen LogP contribution in [-0.2, 0) is 0 Å². The Hall–Kier alpha value is -2.67. The SMILES string of the molecule is Cc1ccc(-c2[nH]c3ccc(OC(F)(F)F)cc3c2C2=NCCN2)cc1.Cl. The molecule has 8 heteroatoms. The van der Waals surface area contributed by atoms with E-state index in [0.717, 1.165) is 27.9 Å². The van der Waals surface area contributed by atoms with E-state index in [1.54, 1.807) is 6.07 Å². The Morgan fingerprint density at radius 1 is 1.07 bits per heavy atom. The van der Waals surface area contributed by atoms with Gasteiger partial charge in [-0.05, 0) is 30.7 Å². The van der Waals surface area contributed by atoms with Crippen molar-refractivity contribution in [3.8, 4) is 17.0 Å². The molecule has 3 aromatic rings. The third kappa shape index (κ3) is 3.88. The number of nitrogens with zero attached hydrogens (tertiary/aromatic N) is 1. The van der Waals surface area contributed by atoms with Gasteiger partial charge < -0.3 is 15.0 Å².